The van der Waals surface area contributed by atoms with Gasteiger partial charge in [0.2, 0.25) is 0 Å². The maximum Gasteiger partial charge on any atom is 0.339 e. The zero-order valence-electron chi connectivity index (χ0n) is 9.92. The van der Waals surface area contributed by atoms with E-state index in [0.717, 1.165) is 4.88 Å². The summed E-state index contributed by atoms with van der Waals surface area (Å²) in [6, 6.07) is 3.69. The first-order valence-electron chi connectivity index (χ1n) is 5.30. The first-order valence-corrected chi connectivity index (χ1v) is 7.38. The van der Waals surface area contributed by atoms with E-state index in [9.17, 15) is 9.59 Å². The number of H-pyrrole nitrogens is 1. The van der Waals surface area contributed by atoms with Gasteiger partial charge >= 0.3 is 11.1 Å². The summed E-state index contributed by atoms with van der Waals surface area (Å²) in [6.45, 7) is 0.372. The molecule has 0 saturated carbocycles. The second-order valence-electron chi connectivity index (χ2n) is 3.68. The smallest absolute Gasteiger partial charge is 0.329 e. The van der Waals surface area contributed by atoms with E-state index in [-0.39, 0.29) is 5.25 Å². The number of nitrogens with one attached hydrogen (secondary N) is 1. The number of aromatic amines is 1. The van der Waals surface area contributed by atoms with E-state index in [1.165, 1.54) is 27.8 Å². The van der Waals surface area contributed by atoms with Crippen molar-refractivity contribution in [1.29, 1.82) is 0 Å². The average Bonchev–Trinajstić information content (AvgIpc) is 2.78. The predicted octanol–water partition coefficient (Wildman–Crippen LogP) is 0.976. The predicted molar refractivity (Wildman–Crippen MR) is 77.1 cm³/mol. The number of rotatable bonds is 4. The van der Waals surface area contributed by atoms with Gasteiger partial charge in [0.05, 0.1) is 9.59 Å². The lowest BCUT2D eigenvalue weighted by molar-refractivity contribution is 0.595. The second-order valence-corrected chi connectivity index (χ2v) is 6.60. The molecular weight excluding hydrogens is 308 g/mol. The highest BCUT2D eigenvalue weighted by atomic mass is 35.5. The highest BCUT2D eigenvalue weighted by Crippen LogP contribution is 2.37. The van der Waals surface area contributed by atoms with E-state index in [1.54, 1.807) is 13.1 Å². The van der Waals surface area contributed by atoms with Crippen LogP contribution < -0.4 is 16.9 Å². The van der Waals surface area contributed by atoms with Gasteiger partial charge in [0, 0.05) is 18.5 Å². The number of nitrogens with zero attached hydrogens (tertiary/aromatic N) is 2. The van der Waals surface area contributed by atoms with Crippen LogP contribution >= 0.6 is 34.7 Å². The minimum atomic E-state index is -0.805. The Bertz CT molecular complexity index is 693. The molecule has 2 aromatic heterocycles. The molecule has 0 aromatic carbocycles. The summed E-state index contributed by atoms with van der Waals surface area (Å²) in [5.74, 6) is 0. The van der Waals surface area contributed by atoms with Gasteiger partial charge in [-0.05, 0) is 12.1 Å². The van der Waals surface area contributed by atoms with Gasteiger partial charge in [-0.25, -0.2) is 0 Å². The van der Waals surface area contributed by atoms with E-state index >= 15 is 0 Å². The van der Waals surface area contributed by atoms with Crippen LogP contribution in [0.1, 0.15) is 10.1 Å². The van der Waals surface area contributed by atoms with Crippen molar-refractivity contribution in [3.05, 3.63) is 42.1 Å². The third-order valence-corrected chi connectivity index (χ3v) is 5.12. The van der Waals surface area contributed by atoms with Gasteiger partial charge < -0.3 is 5.73 Å². The molecule has 102 valence electrons. The first kappa shape index (κ1) is 14.3. The molecule has 1 unspecified atom stereocenters. The van der Waals surface area contributed by atoms with Crippen LogP contribution in [0, 0.1) is 0 Å². The Hall–Kier alpha value is -1.09. The van der Waals surface area contributed by atoms with Gasteiger partial charge in [-0.2, -0.15) is 4.98 Å². The third kappa shape index (κ3) is 3.27. The van der Waals surface area contributed by atoms with Crippen LogP contribution in [0.5, 0.6) is 0 Å². The molecule has 19 heavy (non-hydrogen) atoms. The Morgan fingerprint density at radius 1 is 1.58 bits per heavy atom. The number of thioether (sulfide) groups is 1. The quantitative estimate of drug-likeness (QED) is 0.647. The molecular formula is C10H11ClN4O2S2. The maximum atomic E-state index is 11.3. The van der Waals surface area contributed by atoms with Crippen LogP contribution in [0.2, 0.25) is 4.34 Å². The molecule has 0 spiro atoms. The molecule has 2 heterocycles. The van der Waals surface area contributed by atoms with Crippen molar-refractivity contribution < 1.29 is 0 Å². The zero-order chi connectivity index (χ0) is 14.0. The summed E-state index contributed by atoms with van der Waals surface area (Å²) in [6.07, 6.45) is 0. The largest absolute Gasteiger partial charge is 0.339 e. The van der Waals surface area contributed by atoms with Gasteiger partial charge in [-0.1, -0.05) is 23.4 Å². The van der Waals surface area contributed by atoms with Crippen LogP contribution in [0.25, 0.3) is 0 Å². The fourth-order valence-corrected chi connectivity index (χ4v) is 3.65. The summed E-state index contributed by atoms with van der Waals surface area (Å²) in [5, 5.41) is 2.73. The molecule has 0 radical (unpaired) electrons. The van der Waals surface area contributed by atoms with E-state index in [0.29, 0.717) is 16.0 Å². The van der Waals surface area contributed by atoms with E-state index in [1.807, 2.05) is 6.07 Å². The number of halogens is 1. The highest BCUT2D eigenvalue weighted by Gasteiger charge is 2.17. The Morgan fingerprint density at radius 3 is 2.89 bits per heavy atom. The van der Waals surface area contributed by atoms with E-state index in [2.05, 4.69) is 10.1 Å². The molecule has 0 aliphatic heterocycles. The zero-order valence-corrected chi connectivity index (χ0v) is 12.3. The van der Waals surface area contributed by atoms with Crippen molar-refractivity contribution in [3.63, 3.8) is 0 Å². The van der Waals surface area contributed by atoms with Crippen LogP contribution in [0.3, 0.4) is 0 Å². The summed E-state index contributed by atoms with van der Waals surface area (Å²) >= 11 is 8.64. The Labute approximate surface area is 121 Å². The van der Waals surface area contributed by atoms with Crippen molar-refractivity contribution in [2.24, 2.45) is 12.8 Å². The summed E-state index contributed by atoms with van der Waals surface area (Å²) in [7, 11) is 1.62. The lowest BCUT2D eigenvalue weighted by Gasteiger charge is -2.13. The minimum Gasteiger partial charge on any atom is -0.329 e. The van der Waals surface area contributed by atoms with Gasteiger partial charge in [0.25, 0.3) is 0 Å². The molecule has 0 aliphatic rings. The Kier molecular flexibility index (Phi) is 4.46. The normalized spacial score (nSPS) is 12.6. The number of aromatic nitrogens is 3. The first-order chi connectivity index (χ1) is 9.01. The van der Waals surface area contributed by atoms with Crippen molar-refractivity contribution in [3.8, 4) is 0 Å². The molecule has 0 bridgehead atoms. The standard InChI is InChI=1S/C10H11ClN4O2S2/c1-15-10(13-8(16)9(17)14-15)19-6(4-12)5-2-3-7(11)18-5/h2-3,6H,4,12H2,1H3,(H,14,17). The van der Waals surface area contributed by atoms with Crippen LogP contribution in [-0.2, 0) is 7.05 Å². The molecule has 0 saturated heterocycles. The third-order valence-electron chi connectivity index (χ3n) is 2.32. The molecule has 3 N–H and O–H groups in total. The van der Waals surface area contributed by atoms with Crippen molar-refractivity contribution >= 4 is 34.7 Å². The van der Waals surface area contributed by atoms with Crippen LogP contribution in [-0.4, -0.2) is 21.3 Å². The topological polar surface area (TPSA) is 93.8 Å². The second kappa shape index (κ2) is 5.91. The summed E-state index contributed by atoms with van der Waals surface area (Å²) in [4.78, 5) is 27.1. The van der Waals surface area contributed by atoms with E-state index < -0.39 is 11.1 Å². The van der Waals surface area contributed by atoms with Crippen LogP contribution in [0.4, 0.5) is 0 Å². The van der Waals surface area contributed by atoms with Crippen molar-refractivity contribution in [1.82, 2.24) is 14.8 Å². The number of aryl methyl sites for hydroxylation is 1. The fraction of sp³-hybridized carbons (Fsp3) is 0.300. The molecule has 1 atom stereocenters. The molecule has 0 aliphatic carbocycles. The van der Waals surface area contributed by atoms with Crippen LogP contribution in [0.15, 0.2) is 26.9 Å². The molecule has 6 nitrogen and oxygen atoms in total. The lowest BCUT2D eigenvalue weighted by Crippen LogP contribution is -2.34. The number of hydrogen-bond acceptors (Lipinski definition) is 6. The molecule has 9 heteroatoms. The molecule has 0 fully saturated rings. The molecule has 2 rings (SSSR count). The van der Waals surface area contributed by atoms with Crippen molar-refractivity contribution in [2.45, 2.75) is 10.4 Å². The number of nitrogens with two attached hydrogens (primary N) is 1. The Balaban J connectivity index is 2.31. The van der Waals surface area contributed by atoms with Gasteiger partial charge in [-0.15, -0.1) is 11.3 Å². The SMILES string of the molecule is Cn1[nH]c(=O)c(=O)nc1SC(CN)c1ccc(Cl)s1. The summed E-state index contributed by atoms with van der Waals surface area (Å²) < 4.78 is 2.09. The van der Waals surface area contributed by atoms with E-state index in [4.69, 9.17) is 17.3 Å². The molecule has 2 aromatic rings. The monoisotopic (exact) mass is 318 g/mol. The maximum absolute atomic E-state index is 11.3. The van der Waals surface area contributed by atoms with Gasteiger partial charge in [-0.3, -0.25) is 19.4 Å². The number of hydrogen-bond donors (Lipinski definition) is 2. The molecule has 0 amide bonds. The number of thiophene rings is 1. The summed E-state index contributed by atoms with van der Waals surface area (Å²) in [5.41, 5.74) is 4.19. The average molecular weight is 319 g/mol. The van der Waals surface area contributed by atoms with Crippen molar-refractivity contribution in [2.75, 3.05) is 6.54 Å². The Morgan fingerprint density at radius 2 is 2.32 bits per heavy atom. The van der Waals surface area contributed by atoms with Gasteiger partial charge in [0.1, 0.15) is 0 Å². The lowest BCUT2D eigenvalue weighted by atomic mass is 10.3. The highest BCUT2D eigenvalue weighted by molar-refractivity contribution is 7.99. The minimum absolute atomic E-state index is 0.0681. The van der Waals surface area contributed by atoms with Gasteiger partial charge in [0.15, 0.2) is 5.16 Å². The fourth-order valence-electron chi connectivity index (χ4n) is 1.42.